The summed E-state index contributed by atoms with van der Waals surface area (Å²) in [6.07, 6.45) is 9.67. The third-order valence-electron chi connectivity index (χ3n) is 4.94. The van der Waals surface area contributed by atoms with Gasteiger partial charge in [-0.2, -0.15) is 0 Å². The van der Waals surface area contributed by atoms with Gasteiger partial charge >= 0.3 is 0 Å². The fourth-order valence-electron chi connectivity index (χ4n) is 3.56. The summed E-state index contributed by atoms with van der Waals surface area (Å²) in [5.41, 5.74) is 3.22. The lowest BCUT2D eigenvalue weighted by atomic mass is 9.96. The molecule has 1 aromatic carbocycles. The van der Waals surface area contributed by atoms with Gasteiger partial charge in [0.2, 0.25) is 10.0 Å². The summed E-state index contributed by atoms with van der Waals surface area (Å²) in [5, 5.41) is 3.44. The highest BCUT2D eigenvalue weighted by Crippen LogP contribution is 2.31. The number of pyridine rings is 1. The SMILES string of the molecule is CCNS(=O)(=O)c1ccc(CC2CCCC2)c(NCc2ccncc2)c1. The molecule has 1 aromatic heterocycles. The summed E-state index contributed by atoms with van der Waals surface area (Å²) in [5.74, 6) is 0.702. The Bertz CT molecular complexity index is 816. The molecule has 1 aliphatic carbocycles. The van der Waals surface area contributed by atoms with E-state index in [1.165, 1.54) is 31.2 Å². The van der Waals surface area contributed by atoms with Crippen molar-refractivity contribution in [2.45, 2.75) is 50.5 Å². The summed E-state index contributed by atoms with van der Waals surface area (Å²) in [6, 6.07) is 9.38. The van der Waals surface area contributed by atoms with Gasteiger partial charge in [0.25, 0.3) is 0 Å². The lowest BCUT2D eigenvalue weighted by molar-refractivity contribution is 0.546. The molecule has 1 aliphatic rings. The molecule has 0 atom stereocenters. The van der Waals surface area contributed by atoms with Crippen LogP contribution < -0.4 is 10.0 Å². The normalized spacial score (nSPS) is 15.3. The molecule has 6 heteroatoms. The van der Waals surface area contributed by atoms with Gasteiger partial charge in [0.1, 0.15) is 0 Å². The molecule has 0 aliphatic heterocycles. The Morgan fingerprint density at radius 3 is 2.54 bits per heavy atom. The van der Waals surface area contributed by atoms with Crippen LogP contribution in [-0.2, 0) is 23.0 Å². The Morgan fingerprint density at radius 2 is 1.85 bits per heavy atom. The first-order chi connectivity index (χ1) is 12.6. The number of nitrogens with zero attached hydrogens (tertiary/aromatic N) is 1. The van der Waals surface area contributed by atoms with Gasteiger partial charge in [-0.05, 0) is 47.7 Å². The lowest BCUT2D eigenvalue weighted by Gasteiger charge is -2.17. The molecule has 26 heavy (non-hydrogen) atoms. The molecule has 5 nitrogen and oxygen atoms in total. The maximum Gasteiger partial charge on any atom is 0.240 e. The second kappa shape index (κ2) is 8.64. The van der Waals surface area contributed by atoms with Crippen LogP contribution in [0.2, 0.25) is 0 Å². The molecule has 2 aromatic rings. The van der Waals surface area contributed by atoms with Gasteiger partial charge in [-0.1, -0.05) is 38.7 Å². The molecular weight excluding hydrogens is 346 g/mol. The van der Waals surface area contributed by atoms with E-state index in [0.717, 1.165) is 17.7 Å². The Kier molecular flexibility index (Phi) is 6.27. The summed E-state index contributed by atoms with van der Waals surface area (Å²) >= 11 is 0. The van der Waals surface area contributed by atoms with Crippen molar-refractivity contribution in [1.82, 2.24) is 9.71 Å². The average Bonchev–Trinajstić information content (AvgIpc) is 3.14. The van der Waals surface area contributed by atoms with Crippen LogP contribution in [0.1, 0.15) is 43.7 Å². The predicted molar refractivity (Wildman–Crippen MR) is 105 cm³/mol. The number of benzene rings is 1. The fourth-order valence-corrected chi connectivity index (χ4v) is 4.63. The Balaban J connectivity index is 1.85. The van der Waals surface area contributed by atoms with Gasteiger partial charge in [0.15, 0.2) is 0 Å². The van der Waals surface area contributed by atoms with E-state index in [1.807, 2.05) is 18.2 Å². The summed E-state index contributed by atoms with van der Waals surface area (Å²) in [7, 11) is -3.46. The zero-order chi connectivity index (χ0) is 18.4. The van der Waals surface area contributed by atoms with Crippen molar-refractivity contribution >= 4 is 15.7 Å². The van der Waals surface area contributed by atoms with Crippen molar-refractivity contribution in [2.75, 3.05) is 11.9 Å². The third kappa shape index (κ3) is 4.83. The van der Waals surface area contributed by atoms with Crippen LogP contribution in [0.5, 0.6) is 0 Å². The largest absolute Gasteiger partial charge is 0.381 e. The third-order valence-corrected chi connectivity index (χ3v) is 6.48. The monoisotopic (exact) mass is 373 g/mol. The van der Waals surface area contributed by atoms with Crippen LogP contribution in [0.15, 0.2) is 47.6 Å². The maximum atomic E-state index is 12.4. The molecule has 0 amide bonds. The highest BCUT2D eigenvalue weighted by Gasteiger charge is 2.19. The molecule has 1 heterocycles. The average molecular weight is 374 g/mol. The smallest absolute Gasteiger partial charge is 0.240 e. The molecule has 2 N–H and O–H groups in total. The van der Waals surface area contributed by atoms with Gasteiger partial charge < -0.3 is 5.32 Å². The number of anilines is 1. The van der Waals surface area contributed by atoms with Crippen molar-refractivity contribution < 1.29 is 8.42 Å². The van der Waals surface area contributed by atoms with E-state index in [1.54, 1.807) is 31.5 Å². The fraction of sp³-hybridized carbons (Fsp3) is 0.450. The van der Waals surface area contributed by atoms with Gasteiger partial charge in [0.05, 0.1) is 4.90 Å². The Hall–Kier alpha value is -1.92. The van der Waals surface area contributed by atoms with E-state index >= 15 is 0 Å². The van der Waals surface area contributed by atoms with Crippen molar-refractivity contribution in [3.05, 3.63) is 53.9 Å². The highest BCUT2D eigenvalue weighted by molar-refractivity contribution is 7.89. The molecular formula is C20H27N3O2S. The molecule has 1 saturated carbocycles. The van der Waals surface area contributed by atoms with Crippen LogP contribution in [0.25, 0.3) is 0 Å². The lowest BCUT2D eigenvalue weighted by Crippen LogP contribution is -2.23. The second-order valence-electron chi connectivity index (χ2n) is 6.88. The topological polar surface area (TPSA) is 71.1 Å². The van der Waals surface area contributed by atoms with E-state index < -0.39 is 10.0 Å². The molecule has 0 radical (unpaired) electrons. The predicted octanol–water partition coefficient (Wildman–Crippen LogP) is 3.72. The van der Waals surface area contributed by atoms with E-state index in [4.69, 9.17) is 0 Å². The van der Waals surface area contributed by atoms with Crippen LogP contribution >= 0.6 is 0 Å². The number of hydrogen-bond acceptors (Lipinski definition) is 4. The van der Waals surface area contributed by atoms with Crippen LogP contribution in [-0.4, -0.2) is 19.9 Å². The van der Waals surface area contributed by atoms with Gasteiger partial charge in [-0.15, -0.1) is 0 Å². The molecule has 0 bridgehead atoms. The molecule has 0 spiro atoms. The second-order valence-corrected chi connectivity index (χ2v) is 8.65. The number of rotatable bonds is 8. The standard InChI is InChI=1S/C20H27N3O2S/c1-2-23-26(24,25)19-8-7-18(13-16-5-3-4-6-16)20(14-19)22-15-17-9-11-21-12-10-17/h7-12,14,16,22-23H,2-6,13,15H2,1H3. The van der Waals surface area contributed by atoms with E-state index in [0.29, 0.717) is 23.9 Å². The number of hydrogen-bond donors (Lipinski definition) is 2. The van der Waals surface area contributed by atoms with E-state index in [2.05, 4.69) is 15.0 Å². The first-order valence-electron chi connectivity index (χ1n) is 9.34. The van der Waals surface area contributed by atoms with Crippen molar-refractivity contribution in [1.29, 1.82) is 0 Å². The first kappa shape index (κ1) is 18.9. The quantitative estimate of drug-likeness (QED) is 0.740. The zero-order valence-corrected chi connectivity index (χ0v) is 16.1. The summed E-state index contributed by atoms with van der Waals surface area (Å²) in [6.45, 7) is 2.81. The van der Waals surface area contributed by atoms with E-state index in [9.17, 15) is 8.42 Å². The molecule has 3 rings (SSSR count). The molecule has 0 saturated heterocycles. The van der Waals surface area contributed by atoms with Gasteiger partial charge in [0, 0.05) is 31.2 Å². The Labute approximate surface area is 156 Å². The number of aromatic nitrogens is 1. The first-order valence-corrected chi connectivity index (χ1v) is 10.8. The summed E-state index contributed by atoms with van der Waals surface area (Å²) < 4.78 is 27.3. The highest BCUT2D eigenvalue weighted by atomic mass is 32.2. The van der Waals surface area contributed by atoms with Gasteiger partial charge in [-0.25, -0.2) is 13.1 Å². The van der Waals surface area contributed by atoms with Gasteiger partial charge in [-0.3, -0.25) is 4.98 Å². The van der Waals surface area contributed by atoms with Crippen LogP contribution in [0, 0.1) is 5.92 Å². The number of nitrogens with one attached hydrogen (secondary N) is 2. The number of sulfonamides is 1. The minimum Gasteiger partial charge on any atom is -0.381 e. The Morgan fingerprint density at radius 1 is 1.12 bits per heavy atom. The zero-order valence-electron chi connectivity index (χ0n) is 15.2. The van der Waals surface area contributed by atoms with Crippen LogP contribution in [0.4, 0.5) is 5.69 Å². The minimum atomic E-state index is -3.46. The van der Waals surface area contributed by atoms with E-state index in [-0.39, 0.29) is 0 Å². The van der Waals surface area contributed by atoms with Crippen molar-refractivity contribution in [3.8, 4) is 0 Å². The van der Waals surface area contributed by atoms with Crippen molar-refractivity contribution in [2.24, 2.45) is 5.92 Å². The maximum absolute atomic E-state index is 12.4. The molecule has 140 valence electrons. The summed E-state index contributed by atoms with van der Waals surface area (Å²) in [4.78, 5) is 4.35. The molecule has 1 fully saturated rings. The van der Waals surface area contributed by atoms with Crippen LogP contribution in [0.3, 0.4) is 0 Å². The minimum absolute atomic E-state index is 0.312. The molecule has 0 unspecified atom stereocenters. The van der Waals surface area contributed by atoms with Crippen molar-refractivity contribution in [3.63, 3.8) is 0 Å².